The van der Waals surface area contributed by atoms with E-state index in [1.807, 2.05) is 67.6 Å². The normalized spacial score (nSPS) is 19.1. The zero-order valence-corrected chi connectivity index (χ0v) is 14.5. The molecule has 2 atom stereocenters. The molecule has 0 saturated carbocycles. The quantitative estimate of drug-likeness (QED) is 0.774. The van der Waals surface area contributed by atoms with Crippen LogP contribution in [0.25, 0.3) is 0 Å². The fraction of sp³-hybridized carbons (Fsp3) is 0.300. The maximum atomic E-state index is 12.6. The number of nitrogens with zero attached hydrogens (tertiary/aromatic N) is 1. The van der Waals surface area contributed by atoms with Gasteiger partial charge in [0.05, 0.1) is 6.04 Å². The zero-order chi connectivity index (χ0) is 16.9. The molecule has 0 N–H and O–H groups in total. The second-order valence-corrected chi connectivity index (χ2v) is 7.36. The SMILES string of the molecule is CC(C(=O)c1ccccc1)N1CCC(SC(=O)c2ccccc2)C1. The van der Waals surface area contributed by atoms with Crippen LogP contribution in [-0.4, -0.2) is 40.2 Å². The summed E-state index contributed by atoms with van der Waals surface area (Å²) in [6.45, 7) is 3.60. The summed E-state index contributed by atoms with van der Waals surface area (Å²) >= 11 is 1.40. The van der Waals surface area contributed by atoms with Gasteiger partial charge in [-0.3, -0.25) is 14.5 Å². The van der Waals surface area contributed by atoms with Gasteiger partial charge < -0.3 is 0 Å². The Morgan fingerprint density at radius 2 is 1.58 bits per heavy atom. The average Bonchev–Trinajstić information content (AvgIpc) is 3.10. The topological polar surface area (TPSA) is 37.4 Å². The Bertz CT molecular complexity index is 702. The summed E-state index contributed by atoms with van der Waals surface area (Å²) in [6.07, 6.45) is 0.940. The van der Waals surface area contributed by atoms with Gasteiger partial charge in [0.25, 0.3) is 0 Å². The molecule has 0 radical (unpaired) electrons. The number of rotatable bonds is 5. The zero-order valence-electron chi connectivity index (χ0n) is 13.7. The van der Waals surface area contributed by atoms with Gasteiger partial charge in [0.2, 0.25) is 5.12 Å². The number of thioether (sulfide) groups is 1. The van der Waals surface area contributed by atoms with E-state index in [9.17, 15) is 9.59 Å². The Hall–Kier alpha value is -1.91. The lowest BCUT2D eigenvalue weighted by Crippen LogP contribution is -2.37. The number of carbonyl (C=O) groups is 2. The lowest BCUT2D eigenvalue weighted by atomic mass is 10.0. The molecule has 1 fully saturated rings. The van der Waals surface area contributed by atoms with E-state index in [4.69, 9.17) is 0 Å². The molecule has 4 heteroatoms. The van der Waals surface area contributed by atoms with E-state index in [-0.39, 0.29) is 22.2 Å². The van der Waals surface area contributed by atoms with Crippen molar-refractivity contribution in [3.05, 3.63) is 71.8 Å². The molecule has 0 bridgehead atoms. The molecule has 124 valence electrons. The molecule has 0 amide bonds. The summed E-state index contributed by atoms with van der Waals surface area (Å²) in [5, 5.41) is 0.369. The summed E-state index contributed by atoms with van der Waals surface area (Å²) < 4.78 is 0. The number of carbonyl (C=O) groups excluding carboxylic acids is 2. The van der Waals surface area contributed by atoms with Crippen molar-refractivity contribution in [2.75, 3.05) is 13.1 Å². The summed E-state index contributed by atoms with van der Waals surface area (Å²) in [6, 6.07) is 18.7. The van der Waals surface area contributed by atoms with Crippen molar-refractivity contribution in [1.29, 1.82) is 0 Å². The van der Waals surface area contributed by atoms with E-state index in [0.29, 0.717) is 0 Å². The largest absolute Gasteiger partial charge is 0.292 e. The van der Waals surface area contributed by atoms with Crippen molar-refractivity contribution >= 4 is 22.7 Å². The van der Waals surface area contributed by atoms with Crippen LogP contribution in [0.15, 0.2) is 60.7 Å². The number of Topliss-reactive ketones (excluding diaryl/α,β-unsaturated/α-hetero) is 1. The maximum Gasteiger partial charge on any atom is 0.219 e. The lowest BCUT2D eigenvalue weighted by Gasteiger charge is -2.23. The molecule has 3 nitrogen and oxygen atoms in total. The first-order valence-electron chi connectivity index (χ1n) is 8.24. The monoisotopic (exact) mass is 339 g/mol. The first kappa shape index (κ1) is 16.9. The Labute approximate surface area is 147 Å². The van der Waals surface area contributed by atoms with E-state index in [1.165, 1.54) is 11.8 Å². The van der Waals surface area contributed by atoms with Crippen LogP contribution in [0, 0.1) is 0 Å². The molecule has 2 unspecified atom stereocenters. The molecule has 24 heavy (non-hydrogen) atoms. The fourth-order valence-electron chi connectivity index (χ4n) is 3.01. The minimum Gasteiger partial charge on any atom is -0.292 e. The number of benzene rings is 2. The Morgan fingerprint density at radius 1 is 1.00 bits per heavy atom. The van der Waals surface area contributed by atoms with Crippen LogP contribution in [0.1, 0.15) is 34.1 Å². The van der Waals surface area contributed by atoms with Gasteiger partial charge in [0.1, 0.15) is 0 Å². The van der Waals surface area contributed by atoms with Gasteiger partial charge >= 0.3 is 0 Å². The third-order valence-electron chi connectivity index (χ3n) is 4.45. The smallest absolute Gasteiger partial charge is 0.219 e. The van der Waals surface area contributed by atoms with E-state index in [0.717, 1.165) is 30.6 Å². The number of hydrogen-bond acceptors (Lipinski definition) is 4. The van der Waals surface area contributed by atoms with Gasteiger partial charge in [0.15, 0.2) is 5.78 Å². The molecule has 1 aliphatic heterocycles. The molecule has 2 aromatic carbocycles. The summed E-state index contributed by atoms with van der Waals surface area (Å²) in [7, 11) is 0. The van der Waals surface area contributed by atoms with E-state index in [1.54, 1.807) is 0 Å². The highest BCUT2D eigenvalue weighted by Crippen LogP contribution is 2.27. The van der Waals surface area contributed by atoms with Crippen LogP contribution in [0.5, 0.6) is 0 Å². The van der Waals surface area contributed by atoms with Gasteiger partial charge in [-0.15, -0.1) is 0 Å². The van der Waals surface area contributed by atoms with Crippen molar-refractivity contribution in [1.82, 2.24) is 4.90 Å². The lowest BCUT2D eigenvalue weighted by molar-refractivity contribution is 0.0867. The van der Waals surface area contributed by atoms with Gasteiger partial charge in [-0.05, 0) is 13.3 Å². The molecule has 1 aliphatic rings. The summed E-state index contributed by atoms with van der Waals surface area (Å²) in [5.41, 5.74) is 1.50. The molecular weight excluding hydrogens is 318 g/mol. The standard InChI is InChI=1S/C20H21NO2S/c1-15(19(22)16-8-4-2-5-9-16)21-13-12-18(14-21)24-20(23)17-10-6-3-7-11-17/h2-11,15,18H,12-14H2,1H3. The predicted molar refractivity (Wildman–Crippen MR) is 98.6 cm³/mol. The predicted octanol–water partition coefficient (Wildman–Crippen LogP) is 3.91. The van der Waals surface area contributed by atoms with Crippen LogP contribution in [0.3, 0.4) is 0 Å². The van der Waals surface area contributed by atoms with E-state index >= 15 is 0 Å². The van der Waals surface area contributed by atoms with Gasteiger partial charge in [-0.1, -0.05) is 72.4 Å². The second kappa shape index (κ2) is 7.77. The van der Waals surface area contributed by atoms with Crippen LogP contribution in [0.4, 0.5) is 0 Å². The fourth-order valence-corrected chi connectivity index (χ4v) is 4.07. The molecule has 1 heterocycles. The van der Waals surface area contributed by atoms with Crippen LogP contribution >= 0.6 is 11.8 Å². The number of hydrogen-bond donors (Lipinski definition) is 0. The van der Waals surface area contributed by atoms with Crippen LogP contribution in [0.2, 0.25) is 0 Å². The number of likely N-dealkylation sites (tertiary alicyclic amines) is 1. The second-order valence-electron chi connectivity index (χ2n) is 6.08. The highest BCUT2D eigenvalue weighted by Gasteiger charge is 2.31. The molecule has 0 aromatic heterocycles. The van der Waals surface area contributed by atoms with Crippen molar-refractivity contribution in [3.63, 3.8) is 0 Å². The Morgan fingerprint density at radius 3 is 2.21 bits per heavy atom. The Kier molecular flexibility index (Phi) is 5.48. The van der Waals surface area contributed by atoms with E-state index < -0.39 is 0 Å². The first-order chi connectivity index (χ1) is 11.6. The number of ketones is 1. The van der Waals surface area contributed by atoms with Gasteiger partial charge in [0, 0.05) is 29.5 Å². The summed E-state index contributed by atoms with van der Waals surface area (Å²) in [4.78, 5) is 27.1. The van der Waals surface area contributed by atoms with Crippen molar-refractivity contribution in [3.8, 4) is 0 Å². The molecule has 0 aliphatic carbocycles. The minimum absolute atomic E-state index is 0.115. The minimum atomic E-state index is -0.148. The van der Waals surface area contributed by atoms with Gasteiger partial charge in [-0.2, -0.15) is 0 Å². The summed E-state index contributed by atoms with van der Waals surface area (Å²) in [5.74, 6) is 0.149. The maximum absolute atomic E-state index is 12.6. The molecule has 1 saturated heterocycles. The first-order valence-corrected chi connectivity index (χ1v) is 9.12. The van der Waals surface area contributed by atoms with Gasteiger partial charge in [-0.25, -0.2) is 0 Å². The van der Waals surface area contributed by atoms with Crippen molar-refractivity contribution < 1.29 is 9.59 Å². The third kappa shape index (κ3) is 3.94. The molecular formula is C20H21NO2S. The Balaban J connectivity index is 1.57. The highest BCUT2D eigenvalue weighted by atomic mass is 32.2. The van der Waals surface area contributed by atoms with Crippen molar-refractivity contribution in [2.24, 2.45) is 0 Å². The van der Waals surface area contributed by atoms with Crippen molar-refractivity contribution in [2.45, 2.75) is 24.6 Å². The molecule has 2 aromatic rings. The highest BCUT2D eigenvalue weighted by molar-refractivity contribution is 8.14. The van der Waals surface area contributed by atoms with Crippen LogP contribution in [-0.2, 0) is 0 Å². The average molecular weight is 339 g/mol. The third-order valence-corrected chi connectivity index (χ3v) is 5.61. The van der Waals surface area contributed by atoms with Crippen LogP contribution < -0.4 is 0 Å². The molecule has 0 spiro atoms. The van der Waals surface area contributed by atoms with E-state index in [2.05, 4.69) is 4.90 Å². The molecule has 3 rings (SSSR count).